The van der Waals surface area contributed by atoms with E-state index in [2.05, 4.69) is 5.32 Å². The monoisotopic (exact) mass is 282 g/mol. The maximum atomic E-state index is 12.0. The maximum absolute atomic E-state index is 12.0. The first kappa shape index (κ1) is 14.8. The second-order valence-corrected chi connectivity index (χ2v) is 6.01. The molecular weight excluding hydrogens is 260 g/mol. The largest absolute Gasteiger partial charge is 0.481 e. The van der Waals surface area contributed by atoms with E-state index in [-0.39, 0.29) is 24.4 Å². The molecule has 0 aromatic heterocycles. The third-order valence-electron chi connectivity index (χ3n) is 4.54. The summed E-state index contributed by atoms with van der Waals surface area (Å²) in [5.74, 6) is -1.11. The van der Waals surface area contributed by atoms with Crippen molar-refractivity contribution in [2.75, 3.05) is 13.1 Å². The molecule has 2 N–H and O–H groups in total. The molecule has 2 rings (SSSR count). The number of nitrogens with zero attached hydrogens (tertiary/aromatic N) is 1. The van der Waals surface area contributed by atoms with Crippen molar-refractivity contribution in [1.82, 2.24) is 10.2 Å². The van der Waals surface area contributed by atoms with Gasteiger partial charge < -0.3 is 15.3 Å². The zero-order chi connectivity index (χ0) is 14.8. The van der Waals surface area contributed by atoms with Crippen molar-refractivity contribution in [3.05, 3.63) is 0 Å². The van der Waals surface area contributed by atoms with Crippen LogP contribution in [0.1, 0.15) is 45.4 Å². The third-order valence-corrected chi connectivity index (χ3v) is 4.54. The Morgan fingerprint density at radius 2 is 2.15 bits per heavy atom. The first-order valence-corrected chi connectivity index (χ1v) is 7.24. The average molecular weight is 282 g/mol. The van der Waals surface area contributed by atoms with E-state index in [4.69, 9.17) is 0 Å². The molecule has 2 fully saturated rings. The minimum atomic E-state index is -0.900. The molecule has 20 heavy (non-hydrogen) atoms. The minimum absolute atomic E-state index is 0.00444. The molecule has 1 heterocycles. The van der Waals surface area contributed by atoms with E-state index in [0.29, 0.717) is 25.8 Å². The Hall–Kier alpha value is -1.59. The van der Waals surface area contributed by atoms with Gasteiger partial charge in [0.25, 0.3) is 0 Å². The standard InChI is InChI=1S/C14H22N2O4/c1-14(13(19)20)7-3-2-5-10(14)15-11(17)9-16-8-4-6-12(16)18/h10H,2-9H2,1H3,(H,15,17)(H,19,20). The van der Waals surface area contributed by atoms with Gasteiger partial charge in [0.05, 0.1) is 12.0 Å². The van der Waals surface area contributed by atoms with Crippen molar-refractivity contribution >= 4 is 17.8 Å². The van der Waals surface area contributed by atoms with Crippen LogP contribution in [0.25, 0.3) is 0 Å². The molecule has 1 aliphatic carbocycles. The predicted octanol–water partition coefficient (Wildman–Crippen LogP) is 0.758. The molecule has 6 nitrogen and oxygen atoms in total. The number of rotatable bonds is 4. The number of carbonyl (C=O) groups excluding carboxylic acids is 2. The van der Waals surface area contributed by atoms with Crippen LogP contribution >= 0.6 is 0 Å². The van der Waals surface area contributed by atoms with Crippen molar-refractivity contribution in [1.29, 1.82) is 0 Å². The number of carboxylic acids is 1. The summed E-state index contributed by atoms with van der Waals surface area (Å²) in [7, 11) is 0. The fourth-order valence-corrected chi connectivity index (χ4v) is 3.11. The van der Waals surface area contributed by atoms with Crippen LogP contribution in [0.3, 0.4) is 0 Å². The van der Waals surface area contributed by atoms with E-state index < -0.39 is 11.4 Å². The Morgan fingerprint density at radius 3 is 2.75 bits per heavy atom. The normalized spacial score (nSPS) is 30.4. The zero-order valence-corrected chi connectivity index (χ0v) is 11.9. The summed E-state index contributed by atoms with van der Waals surface area (Å²) in [5, 5.41) is 12.2. The van der Waals surface area contributed by atoms with Gasteiger partial charge in [-0.2, -0.15) is 0 Å². The fourth-order valence-electron chi connectivity index (χ4n) is 3.11. The fraction of sp³-hybridized carbons (Fsp3) is 0.786. The highest BCUT2D eigenvalue weighted by Crippen LogP contribution is 2.36. The van der Waals surface area contributed by atoms with E-state index in [0.717, 1.165) is 19.3 Å². The number of nitrogens with one attached hydrogen (secondary N) is 1. The van der Waals surface area contributed by atoms with E-state index >= 15 is 0 Å². The molecule has 1 saturated carbocycles. The molecule has 0 radical (unpaired) electrons. The molecule has 2 atom stereocenters. The third kappa shape index (κ3) is 2.94. The van der Waals surface area contributed by atoms with Gasteiger partial charge in [0.2, 0.25) is 11.8 Å². The summed E-state index contributed by atoms with van der Waals surface area (Å²) in [6, 6.07) is -0.348. The summed E-state index contributed by atoms with van der Waals surface area (Å²) < 4.78 is 0. The van der Waals surface area contributed by atoms with E-state index in [9.17, 15) is 19.5 Å². The van der Waals surface area contributed by atoms with Crippen LogP contribution in [0.4, 0.5) is 0 Å². The number of hydrogen-bond acceptors (Lipinski definition) is 3. The lowest BCUT2D eigenvalue weighted by molar-refractivity contribution is -0.152. The SMILES string of the molecule is CC1(C(=O)O)CCCCC1NC(=O)CN1CCCC1=O. The average Bonchev–Trinajstić information content (AvgIpc) is 2.78. The van der Waals surface area contributed by atoms with Gasteiger partial charge in [-0.05, 0) is 26.2 Å². The Bertz CT molecular complexity index is 423. The van der Waals surface area contributed by atoms with Gasteiger partial charge in [0.1, 0.15) is 0 Å². The minimum Gasteiger partial charge on any atom is -0.481 e. The van der Waals surface area contributed by atoms with E-state index in [1.807, 2.05) is 0 Å². The maximum Gasteiger partial charge on any atom is 0.311 e. The van der Waals surface area contributed by atoms with Crippen LogP contribution in [0, 0.1) is 5.41 Å². The number of amides is 2. The summed E-state index contributed by atoms with van der Waals surface area (Å²) in [5.41, 5.74) is -0.900. The van der Waals surface area contributed by atoms with Crippen LogP contribution in [-0.2, 0) is 14.4 Å². The molecule has 0 aromatic carbocycles. The highest BCUT2D eigenvalue weighted by atomic mass is 16.4. The summed E-state index contributed by atoms with van der Waals surface area (Å²) in [4.78, 5) is 36.5. The molecule has 0 spiro atoms. The van der Waals surface area contributed by atoms with Gasteiger partial charge in [-0.25, -0.2) is 0 Å². The zero-order valence-electron chi connectivity index (χ0n) is 11.9. The van der Waals surface area contributed by atoms with Gasteiger partial charge in [0, 0.05) is 19.0 Å². The number of hydrogen-bond donors (Lipinski definition) is 2. The van der Waals surface area contributed by atoms with Crippen molar-refractivity contribution in [2.24, 2.45) is 5.41 Å². The predicted molar refractivity (Wildman–Crippen MR) is 72.0 cm³/mol. The second-order valence-electron chi connectivity index (χ2n) is 6.01. The molecule has 2 unspecified atom stereocenters. The van der Waals surface area contributed by atoms with Crippen molar-refractivity contribution in [3.8, 4) is 0 Å². The van der Waals surface area contributed by atoms with Crippen LogP contribution in [-0.4, -0.2) is 46.9 Å². The molecular formula is C14H22N2O4. The number of carbonyl (C=O) groups is 3. The highest BCUT2D eigenvalue weighted by Gasteiger charge is 2.44. The van der Waals surface area contributed by atoms with Gasteiger partial charge in [-0.1, -0.05) is 12.8 Å². The topological polar surface area (TPSA) is 86.7 Å². The molecule has 6 heteroatoms. The molecule has 112 valence electrons. The van der Waals surface area contributed by atoms with Gasteiger partial charge in [-0.3, -0.25) is 14.4 Å². The van der Waals surface area contributed by atoms with Gasteiger partial charge >= 0.3 is 5.97 Å². The molecule has 2 amide bonds. The summed E-state index contributed by atoms with van der Waals surface area (Å²) in [6.45, 7) is 2.36. The lowest BCUT2D eigenvalue weighted by Crippen LogP contribution is -2.54. The number of aliphatic carboxylic acids is 1. The van der Waals surface area contributed by atoms with Gasteiger partial charge in [0.15, 0.2) is 0 Å². The van der Waals surface area contributed by atoms with Gasteiger partial charge in [-0.15, -0.1) is 0 Å². The first-order valence-electron chi connectivity index (χ1n) is 7.24. The Morgan fingerprint density at radius 1 is 1.40 bits per heavy atom. The smallest absolute Gasteiger partial charge is 0.311 e. The quantitative estimate of drug-likeness (QED) is 0.797. The first-order chi connectivity index (χ1) is 9.43. The summed E-state index contributed by atoms with van der Waals surface area (Å²) >= 11 is 0. The van der Waals surface area contributed by atoms with Crippen LogP contribution in [0.15, 0.2) is 0 Å². The van der Waals surface area contributed by atoms with Crippen molar-refractivity contribution in [2.45, 2.75) is 51.5 Å². The van der Waals surface area contributed by atoms with E-state index in [1.165, 1.54) is 4.90 Å². The molecule has 0 bridgehead atoms. The lowest BCUT2D eigenvalue weighted by atomic mass is 9.71. The Kier molecular flexibility index (Phi) is 4.30. The lowest BCUT2D eigenvalue weighted by Gasteiger charge is -2.38. The van der Waals surface area contributed by atoms with Crippen LogP contribution in [0.5, 0.6) is 0 Å². The molecule has 2 aliphatic rings. The van der Waals surface area contributed by atoms with Crippen LogP contribution in [0.2, 0.25) is 0 Å². The molecule has 1 aliphatic heterocycles. The summed E-state index contributed by atoms with van der Waals surface area (Å²) in [6.07, 6.45) is 4.36. The molecule has 0 aromatic rings. The Balaban J connectivity index is 1.95. The highest BCUT2D eigenvalue weighted by molar-refractivity contribution is 5.86. The number of carboxylic acid groups (broad SMARTS) is 1. The van der Waals surface area contributed by atoms with Crippen molar-refractivity contribution < 1.29 is 19.5 Å². The van der Waals surface area contributed by atoms with E-state index in [1.54, 1.807) is 6.92 Å². The van der Waals surface area contributed by atoms with Crippen molar-refractivity contribution in [3.63, 3.8) is 0 Å². The van der Waals surface area contributed by atoms with Crippen LogP contribution < -0.4 is 5.32 Å². The second kappa shape index (κ2) is 5.81. The molecule has 1 saturated heterocycles. The number of likely N-dealkylation sites (tertiary alicyclic amines) is 1. The Labute approximate surface area is 118 Å².